The second kappa shape index (κ2) is 10.1. The Morgan fingerprint density at radius 2 is 1.77 bits per heavy atom. The van der Waals surface area contributed by atoms with Crippen LogP contribution in [0.1, 0.15) is 34.5 Å². The predicted octanol–water partition coefficient (Wildman–Crippen LogP) is 4.82. The molecule has 0 aliphatic carbocycles. The lowest BCUT2D eigenvalue weighted by Gasteiger charge is -2.32. The molecular weight excluding hydrogens is 430 g/mol. The van der Waals surface area contributed by atoms with E-state index in [0.29, 0.717) is 29.4 Å². The maximum absolute atomic E-state index is 12.9. The average Bonchev–Trinajstić information content (AvgIpc) is 3.29. The van der Waals surface area contributed by atoms with E-state index < -0.39 is 0 Å². The number of nitrogens with zero attached hydrogens (tertiary/aromatic N) is 2. The number of hydrogen-bond donors (Lipinski definition) is 1. The van der Waals surface area contributed by atoms with E-state index in [9.17, 15) is 9.59 Å². The summed E-state index contributed by atoms with van der Waals surface area (Å²) in [4.78, 5) is 32.0. The quantitative estimate of drug-likeness (QED) is 0.582. The molecule has 3 aromatic rings. The van der Waals surface area contributed by atoms with Crippen LogP contribution in [0.2, 0.25) is 5.02 Å². The van der Waals surface area contributed by atoms with E-state index in [1.165, 1.54) is 16.9 Å². The topological polar surface area (TPSA) is 62.3 Å². The van der Waals surface area contributed by atoms with Crippen LogP contribution in [0.5, 0.6) is 0 Å². The Labute approximate surface area is 191 Å². The van der Waals surface area contributed by atoms with Gasteiger partial charge in [0.05, 0.1) is 11.2 Å². The normalized spacial score (nSPS) is 14.4. The van der Waals surface area contributed by atoms with Gasteiger partial charge in [-0.05, 0) is 30.9 Å². The number of rotatable bonds is 6. The summed E-state index contributed by atoms with van der Waals surface area (Å²) >= 11 is 7.61. The van der Waals surface area contributed by atoms with Crippen molar-refractivity contribution in [3.05, 3.63) is 76.3 Å². The summed E-state index contributed by atoms with van der Waals surface area (Å²) in [6.45, 7) is 1.25. The molecule has 160 valence electrons. The van der Waals surface area contributed by atoms with Gasteiger partial charge in [0, 0.05) is 31.1 Å². The zero-order chi connectivity index (χ0) is 21.6. The molecule has 31 heavy (non-hydrogen) atoms. The molecule has 1 aromatic heterocycles. The number of carbonyl (C=O) groups is 2. The monoisotopic (exact) mass is 453 g/mol. The van der Waals surface area contributed by atoms with Gasteiger partial charge in [0.2, 0.25) is 5.91 Å². The van der Waals surface area contributed by atoms with Crippen LogP contribution >= 0.6 is 22.9 Å². The summed E-state index contributed by atoms with van der Waals surface area (Å²) in [6.07, 6.45) is 4.37. The third-order valence-corrected chi connectivity index (χ3v) is 6.80. The van der Waals surface area contributed by atoms with Crippen molar-refractivity contribution in [1.82, 2.24) is 15.2 Å². The van der Waals surface area contributed by atoms with Crippen LogP contribution in [0, 0.1) is 0 Å². The molecule has 2 heterocycles. The first-order valence-corrected chi connectivity index (χ1v) is 11.6. The number of hydrogen-bond acceptors (Lipinski definition) is 4. The van der Waals surface area contributed by atoms with E-state index in [1.54, 1.807) is 6.20 Å². The van der Waals surface area contributed by atoms with Crippen molar-refractivity contribution < 1.29 is 9.59 Å². The Morgan fingerprint density at radius 3 is 2.52 bits per heavy atom. The Morgan fingerprint density at radius 1 is 1.06 bits per heavy atom. The van der Waals surface area contributed by atoms with E-state index in [-0.39, 0.29) is 17.9 Å². The lowest BCUT2D eigenvalue weighted by molar-refractivity contribution is -0.122. The fraction of sp³-hybridized carbons (Fsp3) is 0.292. The zero-order valence-corrected chi connectivity index (χ0v) is 18.7. The number of likely N-dealkylation sites (tertiary alicyclic amines) is 1. The highest BCUT2D eigenvalue weighted by atomic mass is 35.5. The summed E-state index contributed by atoms with van der Waals surface area (Å²) in [5.74, 6) is 0.0603. The summed E-state index contributed by atoms with van der Waals surface area (Å²) in [7, 11) is 0. The number of nitrogens with one attached hydrogen (secondary N) is 1. The SMILES string of the molecule is O=C(CCc1ccccc1)NC1CCN(C(=O)c2cnc(-c3ccccc3Cl)s2)CC1. The van der Waals surface area contributed by atoms with Gasteiger partial charge in [0.25, 0.3) is 5.91 Å². The van der Waals surface area contributed by atoms with Gasteiger partial charge in [-0.1, -0.05) is 60.1 Å². The maximum Gasteiger partial charge on any atom is 0.265 e. The molecule has 0 radical (unpaired) electrons. The summed E-state index contributed by atoms with van der Waals surface area (Å²) in [6, 6.07) is 17.6. The van der Waals surface area contributed by atoms with Crippen LogP contribution in [0.3, 0.4) is 0 Å². The molecule has 1 fully saturated rings. The second-order valence-electron chi connectivity index (χ2n) is 7.63. The fourth-order valence-corrected chi connectivity index (χ4v) is 4.92. The number of benzene rings is 2. The molecule has 7 heteroatoms. The zero-order valence-electron chi connectivity index (χ0n) is 17.1. The largest absolute Gasteiger partial charge is 0.353 e. The van der Waals surface area contributed by atoms with Crippen molar-refractivity contribution in [1.29, 1.82) is 0 Å². The van der Waals surface area contributed by atoms with Crippen LogP contribution in [0.15, 0.2) is 60.8 Å². The number of aryl methyl sites for hydroxylation is 1. The molecule has 2 amide bonds. The minimum atomic E-state index is -0.00958. The van der Waals surface area contributed by atoms with Gasteiger partial charge in [0.15, 0.2) is 0 Å². The first-order chi connectivity index (χ1) is 15.1. The highest BCUT2D eigenvalue weighted by molar-refractivity contribution is 7.17. The van der Waals surface area contributed by atoms with Crippen molar-refractivity contribution in [3.63, 3.8) is 0 Å². The van der Waals surface area contributed by atoms with Crippen LogP contribution in [-0.4, -0.2) is 40.8 Å². The fourth-order valence-electron chi connectivity index (χ4n) is 3.72. The smallest absolute Gasteiger partial charge is 0.265 e. The van der Waals surface area contributed by atoms with Gasteiger partial charge >= 0.3 is 0 Å². The van der Waals surface area contributed by atoms with Gasteiger partial charge in [-0.3, -0.25) is 9.59 Å². The average molecular weight is 454 g/mol. The van der Waals surface area contributed by atoms with Gasteiger partial charge in [-0.15, -0.1) is 11.3 Å². The molecule has 1 N–H and O–H groups in total. The van der Waals surface area contributed by atoms with Gasteiger partial charge in [0.1, 0.15) is 9.88 Å². The van der Waals surface area contributed by atoms with Crippen LogP contribution in [0.4, 0.5) is 0 Å². The minimum Gasteiger partial charge on any atom is -0.353 e. The lowest BCUT2D eigenvalue weighted by atomic mass is 10.0. The molecule has 0 atom stereocenters. The number of carbonyl (C=O) groups excluding carboxylic acids is 2. The van der Waals surface area contributed by atoms with Crippen molar-refractivity contribution in [3.8, 4) is 10.6 Å². The highest BCUT2D eigenvalue weighted by Crippen LogP contribution is 2.31. The van der Waals surface area contributed by atoms with Crippen LogP contribution in [-0.2, 0) is 11.2 Å². The van der Waals surface area contributed by atoms with E-state index in [4.69, 9.17) is 11.6 Å². The Balaban J connectivity index is 1.26. The number of thiazole rings is 1. The highest BCUT2D eigenvalue weighted by Gasteiger charge is 2.26. The predicted molar refractivity (Wildman–Crippen MR) is 124 cm³/mol. The Hall–Kier alpha value is -2.70. The molecule has 2 aromatic carbocycles. The van der Waals surface area contributed by atoms with E-state index in [1.807, 2.05) is 59.5 Å². The molecule has 4 rings (SSSR count). The van der Waals surface area contributed by atoms with Crippen molar-refractivity contribution in [2.24, 2.45) is 0 Å². The molecule has 1 aliphatic rings. The number of amides is 2. The third kappa shape index (κ3) is 5.51. The van der Waals surface area contributed by atoms with E-state index in [2.05, 4.69) is 10.3 Å². The molecule has 1 saturated heterocycles. The van der Waals surface area contributed by atoms with Gasteiger partial charge in [-0.25, -0.2) is 4.98 Å². The Bertz CT molecular complexity index is 1050. The number of aromatic nitrogens is 1. The minimum absolute atomic E-state index is 0.00958. The van der Waals surface area contributed by atoms with Crippen molar-refractivity contribution in [2.75, 3.05) is 13.1 Å². The third-order valence-electron chi connectivity index (χ3n) is 5.45. The van der Waals surface area contributed by atoms with Crippen LogP contribution < -0.4 is 5.32 Å². The molecule has 0 bridgehead atoms. The van der Waals surface area contributed by atoms with Gasteiger partial charge < -0.3 is 10.2 Å². The number of piperidine rings is 1. The molecular formula is C24H24ClN3O2S. The second-order valence-corrected chi connectivity index (χ2v) is 9.07. The van der Waals surface area contributed by atoms with E-state index in [0.717, 1.165) is 29.8 Å². The maximum atomic E-state index is 12.9. The van der Waals surface area contributed by atoms with Crippen molar-refractivity contribution >= 4 is 34.8 Å². The Kier molecular flexibility index (Phi) is 6.99. The molecule has 5 nitrogen and oxygen atoms in total. The van der Waals surface area contributed by atoms with Crippen molar-refractivity contribution in [2.45, 2.75) is 31.7 Å². The summed E-state index contributed by atoms with van der Waals surface area (Å²) < 4.78 is 0. The van der Waals surface area contributed by atoms with Gasteiger partial charge in [-0.2, -0.15) is 0 Å². The summed E-state index contributed by atoms with van der Waals surface area (Å²) in [5.41, 5.74) is 2.00. The van der Waals surface area contributed by atoms with Crippen LogP contribution in [0.25, 0.3) is 10.6 Å². The first kappa shape index (κ1) is 21.5. The molecule has 1 aliphatic heterocycles. The molecule has 0 unspecified atom stereocenters. The molecule has 0 spiro atoms. The first-order valence-electron chi connectivity index (χ1n) is 10.4. The van der Waals surface area contributed by atoms with E-state index >= 15 is 0 Å². The molecule has 0 saturated carbocycles. The standard InChI is InChI=1S/C24H24ClN3O2S/c25-20-9-5-4-8-19(20)23-26-16-21(31-23)24(30)28-14-12-18(13-15-28)27-22(29)11-10-17-6-2-1-3-7-17/h1-9,16,18H,10-15H2,(H,27,29). The number of halogens is 1. The lowest BCUT2D eigenvalue weighted by Crippen LogP contribution is -2.46. The summed E-state index contributed by atoms with van der Waals surface area (Å²) in [5, 5.41) is 4.49.